The summed E-state index contributed by atoms with van der Waals surface area (Å²) in [5.41, 5.74) is -0.204. The second-order valence-electron chi connectivity index (χ2n) is 5.25. The standard InChI is InChI=1S/C15H22N2O2/c1-3-16-15(14(18)19,11-17(2)13-9-10-13)12-7-5-4-6-8-12/h4-8,13,16H,3,9-11H2,1-2H3,(H,18,19). The molecule has 0 spiro atoms. The number of likely N-dealkylation sites (N-methyl/N-ethyl adjacent to an activating group) is 2. The third-order valence-electron chi connectivity index (χ3n) is 3.77. The summed E-state index contributed by atoms with van der Waals surface area (Å²) in [6.07, 6.45) is 2.35. The van der Waals surface area contributed by atoms with Crippen molar-refractivity contribution >= 4 is 5.97 Å². The fourth-order valence-electron chi connectivity index (χ4n) is 2.56. The first-order valence-corrected chi connectivity index (χ1v) is 6.84. The largest absolute Gasteiger partial charge is 0.480 e. The first kappa shape index (κ1) is 14.0. The van der Waals surface area contributed by atoms with Gasteiger partial charge in [0.25, 0.3) is 0 Å². The van der Waals surface area contributed by atoms with Gasteiger partial charge >= 0.3 is 5.97 Å². The molecule has 4 nitrogen and oxygen atoms in total. The van der Waals surface area contributed by atoms with Crippen molar-refractivity contribution in [3.8, 4) is 0 Å². The molecule has 4 heteroatoms. The van der Waals surface area contributed by atoms with Crippen LogP contribution in [0.3, 0.4) is 0 Å². The van der Waals surface area contributed by atoms with Crippen molar-refractivity contribution in [2.45, 2.75) is 31.3 Å². The van der Waals surface area contributed by atoms with Crippen molar-refractivity contribution in [1.82, 2.24) is 10.2 Å². The molecule has 0 bridgehead atoms. The molecule has 1 aromatic carbocycles. The molecule has 1 saturated carbocycles. The SMILES string of the molecule is CCNC(CN(C)C1CC1)(C(=O)O)c1ccccc1. The second-order valence-corrected chi connectivity index (χ2v) is 5.25. The zero-order valence-corrected chi connectivity index (χ0v) is 11.6. The van der Waals surface area contributed by atoms with E-state index in [1.54, 1.807) is 0 Å². The Labute approximate surface area is 114 Å². The van der Waals surface area contributed by atoms with Crippen molar-refractivity contribution in [1.29, 1.82) is 0 Å². The Bertz CT molecular complexity index is 431. The van der Waals surface area contributed by atoms with Crippen LogP contribution in [0.5, 0.6) is 0 Å². The maximum atomic E-state index is 11.9. The van der Waals surface area contributed by atoms with E-state index in [1.165, 1.54) is 12.8 Å². The number of benzene rings is 1. The monoisotopic (exact) mass is 262 g/mol. The van der Waals surface area contributed by atoms with Crippen LogP contribution in [0.25, 0.3) is 0 Å². The number of hydrogen-bond acceptors (Lipinski definition) is 3. The van der Waals surface area contributed by atoms with Gasteiger partial charge in [-0.1, -0.05) is 37.3 Å². The topological polar surface area (TPSA) is 52.6 Å². The number of aliphatic carboxylic acids is 1. The van der Waals surface area contributed by atoms with E-state index in [0.29, 0.717) is 19.1 Å². The minimum atomic E-state index is -1.02. The highest BCUT2D eigenvalue weighted by atomic mass is 16.4. The van der Waals surface area contributed by atoms with Gasteiger partial charge in [-0.25, -0.2) is 4.79 Å². The molecule has 0 amide bonds. The Morgan fingerprint density at radius 1 is 1.42 bits per heavy atom. The average Bonchev–Trinajstić information content (AvgIpc) is 3.23. The van der Waals surface area contributed by atoms with E-state index in [4.69, 9.17) is 0 Å². The summed E-state index contributed by atoms with van der Waals surface area (Å²) < 4.78 is 0. The summed E-state index contributed by atoms with van der Waals surface area (Å²) in [6.45, 7) is 3.06. The number of carboxylic acids is 1. The van der Waals surface area contributed by atoms with Crippen LogP contribution < -0.4 is 5.32 Å². The fraction of sp³-hybridized carbons (Fsp3) is 0.533. The van der Waals surface area contributed by atoms with Crippen LogP contribution in [0.4, 0.5) is 0 Å². The number of carboxylic acid groups (broad SMARTS) is 1. The molecule has 0 heterocycles. The van der Waals surface area contributed by atoms with Gasteiger partial charge in [-0.15, -0.1) is 0 Å². The molecule has 1 unspecified atom stereocenters. The third kappa shape index (κ3) is 2.96. The summed E-state index contributed by atoms with van der Waals surface area (Å²) in [7, 11) is 2.01. The number of carbonyl (C=O) groups is 1. The molecule has 1 fully saturated rings. The second kappa shape index (κ2) is 5.72. The molecule has 104 valence electrons. The maximum absolute atomic E-state index is 11.9. The number of nitrogens with zero attached hydrogens (tertiary/aromatic N) is 1. The fourth-order valence-corrected chi connectivity index (χ4v) is 2.56. The van der Waals surface area contributed by atoms with Crippen LogP contribution in [0.2, 0.25) is 0 Å². The van der Waals surface area contributed by atoms with E-state index in [0.717, 1.165) is 5.56 Å². The van der Waals surface area contributed by atoms with Crippen LogP contribution in [0, 0.1) is 0 Å². The average molecular weight is 262 g/mol. The van der Waals surface area contributed by atoms with Gasteiger partial charge in [0, 0.05) is 12.6 Å². The van der Waals surface area contributed by atoms with Crippen molar-refractivity contribution in [2.24, 2.45) is 0 Å². The van der Waals surface area contributed by atoms with Gasteiger partial charge in [0.15, 0.2) is 5.54 Å². The number of rotatable bonds is 7. The van der Waals surface area contributed by atoms with E-state index in [1.807, 2.05) is 44.3 Å². The van der Waals surface area contributed by atoms with Crippen molar-refractivity contribution in [3.05, 3.63) is 35.9 Å². The quantitative estimate of drug-likeness (QED) is 0.785. The lowest BCUT2D eigenvalue weighted by Crippen LogP contribution is -2.56. The summed E-state index contributed by atoms with van der Waals surface area (Å²) in [5.74, 6) is -0.812. The third-order valence-corrected chi connectivity index (χ3v) is 3.77. The van der Waals surface area contributed by atoms with E-state index in [2.05, 4.69) is 10.2 Å². The highest BCUT2D eigenvalue weighted by molar-refractivity contribution is 5.81. The van der Waals surface area contributed by atoms with E-state index >= 15 is 0 Å². The molecule has 1 aliphatic carbocycles. The van der Waals surface area contributed by atoms with Gasteiger partial charge in [0.05, 0.1) is 0 Å². The summed E-state index contributed by atoms with van der Waals surface area (Å²) >= 11 is 0. The number of hydrogen-bond donors (Lipinski definition) is 2. The first-order chi connectivity index (χ1) is 9.10. The zero-order chi connectivity index (χ0) is 13.9. The molecule has 2 rings (SSSR count). The molecule has 19 heavy (non-hydrogen) atoms. The molecule has 0 aliphatic heterocycles. The van der Waals surface area contributed by atoms with Crippen LogP contribution in [0.15, 0.2) is 30.3 Å². The van der Waals surface area contributed by atoms with Crippen LogP contribution in [-0.4, -0.2) is 42.2 Å². The minimum absolute atomic E-state index is 0.491. The Balaban J connectivity index is 2.31. The summed E-state index contributed by atoms with van der Waals surface area (Å²) in [4.78, 5) is 14.1. The lowest BCUT2D eigenvalue weighted by molar-refractivity contribution is -0.146. The van der Waals surface area contributed by atoms with Crippen LogP contribution >= 0.6 is 0 Å². The Morgan fingerprint density at radius 2 is 2.05 bits per heavy atom. The first-order valence-electron chi connectivity index (χ1n) is 6.84. The van der Waals surface area contributed by atoms with Crippen LogP contribution in [0.1, 0.15) is 25.3 Å². The minimum Gasteiger partial charge on any atom is -0.480 e. The molecule has 0 radical (unpaired) electrons. The highest BCUT2D eigenvalue weighted by Gasteiger charge is 2.43. The summed E-state index contributed by atoms with van der Waals surface area (Å²) in [6, 6.07) is 10.0. The molecular formula is C15H22N2O2. The van der Waals surface area contributed by atoms with E-state index < -0.39 is 11.5 Å². The van der Waals surface area contributed by atoms with Crippen molar-refractivity contribution < 1.29 is 9.90 Å². The van der Waals surface area contributed by atoms with Gasteiger partial charge < -0.3 is 10.0 Å². The highest BCUT2D eigenvalue weighted by Crippen LogP contribution is 2.30. The molecule has 1 aromatic rings. The van der Waals surface area contributed by atoms with Crippen molar-refractivity contribution in [2.75, 3.05) is 20.1 Å². The summed E-state index contributed by atoms with van der Waals surface area (Å²) in [5, 5.41) is 13.0. The molecule has 1 atom stereocenters. The van der Waals surface area contributed by atoms with Crippen LogP contribution in [-0.2, 0) is 10.3 Å². The van der Waals surface area contributed by atoms with E-state index in [-0.39, 0.29) is 0 Å². The Kier molecular flexibility index (Phi) is 4.22. The molecular weight excluding hydrogens is 240 g/mol. The van der Waals surface area contributed by atoms with Gasteiger partial charge in [-0.3, -0.25) is 5.32 Å². The zero-order valence-electron chi connectivity index (χ0n) is 11.6. The predicted molar refractivity (Wildman–Crippen MR) is 75.1 cm³/mol. The normalized spacial score (nSPS) is 18.3. The van der Waals surface area contributed by atoms with Gasteiger partial charge in [-0.2, -0.15) is 0 Å². The van der Waals surface area contributed by atoms with Gasteiger partial charge in [-0.05, 0) is 32.0 Å². The van der Waals surface area contributed by atoms with Gasteiger partial charge in [0.1, 0.15) is 0 Å². The maximum Gasteiger partial charge on any atom is 0.329 e. The Hall–Kier alpha value is -1.39. The van der Waals surface area contributed by atoms with E-state index in [9.17, 15) is 9.90 Å². The molecule has 0 saturated heterocycles. The van der Waals surface area contributed by atoms with Gasteiger partial charge in [0.2, 0.25) is 0 Å². The lowest BCUT2D eigenvalue weighted by Gasteiger charge is -2.34. The molecule has 1 aliphatic rings. The van der Waals surface area contributed by atoms with Crippen molar-refractivity contribution in [3.63, 3.8) is 0 Å². The predicted octanol–water partition coefficient (Wildman–Crippen LogP) is 1.67. The Morgan fingerprint density at radius 3 is 2.53 bits per heavy atom. The molecule has 0 aromatic heterocycles. The smallest absolute Gasteiger partial charge is 0.329 e. The lowest BCUT2D eigenvalue weighted by atomic mass is 9.89. The molecule has 2 N–H and O–H groups in total. The number of nitrogens with one attached hydrogen (secondary N) is 1.